The molecule has 32 heavy (non-hydrogen) atoms. The monoisotopic (exact) mass is 472 g/mol. The molecule has 0 aliphatic heterocycles. The number of pyridine rings is 1. The van der Waals surface area contributed by atoms with Gasteiger partial charge in [-0.25, -0.2) is 9.07 Å². The van der Waals surface area contributed by atoms with Crippen LogP contribution in [0.3, 0.4) is 0 Å². The number of primary amides is 1. The molecule has 0 spiro atoms. The first-order valence-corrected chi connectivity index (χ1v) is 9.90. The third kappa shape index (κ3) is 6.26. The summed E-state index contributed by atoms with van der Waals surface area (Å²) in [5.74, 6) is -1.40. The first-order chi connectivity index (χ1) is 15.1. The van der Waals surface area contributed by atoms with Crippen LogP contribution in [0.5, 0.6) is 0 Å². The van der Waals surface area contributed by atoms with Crippen LogP contribution in [0.25, 0.3) is 0 Å². The Hall–Kier alpha value is -3.49. The van der Waals surface area contributed by atoms with Crippen LogP contribution in [0.15, 0.2) is 24.5 Å². The van der Waals surface area contributed by atoms with Crippen LogP contribution in [-0.4, -0.2) is 48.2 Å². The fourth-order valence-electron chi connectivity index (χ4n) is 2.53. The molecule has 0 bridgehead atoms. The van der Waals surface area contributed by atoms with E-state index in [1.807, 2.05) is 0 Å². The van der Waals surface area contributed by atoms with E-state index in [1.165, 1.54) is 6.20 Å². The molecule has 3 N–H and O–H groups in total. The molecule has 10 nitrogen and oxygen atoms in total. The summed E-state index contributed by atoms with van der Waals surface area (Å²) in [4.78, 5) is 26.9. The number of halogens is 4. The number of nitrogens with two attached hydrogens (primary N) is 1. The largest absolute Gasteiger partial charge is 0.416 e. The molecule has 1 atom stereocenters. The van der Waals surface area contributed by atoms with Crippen LogP contribution in [0, 0.1) is 0 Å². The van der Waals surface area contributed by atoms with E-state index >= 15 is 0 Å². The van der Waals surface area contributed by atoms with Gasteiger partial charge in [0.25, 0.3) is 11.8 Å². The molecule has 0 saturated heterocycles. The Labute approximate surface area is 181 Å². The number of hydrogen-bond acceptors (Lipinski definition) is 8. The summed E-state index contributed by atoms with van der Waals surface area (Å²) >= 11 is 0.984. The average molecular weight is 472 g/mol. The molecular formula is C17H16F4N8O2S. The van der Waals surface area contributed by atoms with Gasteiger partial charge in [-0.05, 0) is 18.6 Å². The van der Waals surface area contributed by atoms with Gasteiger partial charge < -0.3 is 11.1 Å². The Balaban J connectivity index is 1.49. The Morgan fingerprint density at radius 1 is 1.25 bits per heavy atom. The summed E-state index contributed by atoms with van der Waals surface area (Å²) in [5.41, 5.74) is 4.10. The van der Waals surface area contributed by atoms with Crippen molar-refractivity contribution in [2.45, 2.75) is 38.3 Å². The maximum absolute atomic E-state index is 14.2. The zero-order valence-corrected chi connectivity index (χ0v) is 17.0. The summed E-state index contributed by atoms with van der Waals surface area (Å²) in [5, 5.41) is 17.6. The van der Waals surface area contributed by atoms with E-state index in [9.17, 15) is 27.2 Å². The second-order valence-electron chi connectivity index (χ2n) is 6.54. The number of nitrogens with zero attached hydrogens (tertiary/aromatic N) is 6. The molecule has 0 aliphatic carbocycles. The number of aryl methyl sites for hydroxylation is 1. The van der Waals surface area contributed by atoms with Gasteiger partial charge in [-0.15, -0.1) is 15.3 Å². The van der Waals surface area contributed by atoms with Crippen molar-refractivity contribution < 1.29 is 27.2 Å². The van der Waals surface area contributed by atoms with Crippen molar-refractivity contribution >= 4 is 23.2 Å². The average Bonchev–Trinajstić information content (AvgIpc) is 3.40. The second kappa shape index (κ2) is 9.76. The van der Waals surface area contributed by atoms with E-state index < -0.39 is 29.7 Å². The van der Waals surface area contributed by atoms with Crippen LogP contribution < -0.4 is 11.1 Å². The van der Waals surface area contributed by atoms with Crippen LogP contribution in [-0.2, 0) is 25.7 Å². The Kier molecular flexibility index (Phi) is 7.07. The predicted molar refractivity (Wildman–Crippen MR) is 102 cm³/mol. The number of hydrogen-bond donors (Lipinski definition) is 2. The van der Waals surface area contributed by atoms with E-state index in [2.05, 4.69) is 30.8 Å². The second-order valence-corrected chi connectivity index (χ2v) is 7.61. The van der Waals surface area contributed by atoms with Gasteiger partial charge in [-0.1, -0.05) is 16.6 Å². The summed E-state index contributed by atoms with van der Waals surface area (Å²) in [6, 6.07) is 1.65. The van der Waals surface area contributed by atoms with Crippen molar-refractivity contribution in [3.63, 3.8) is 0 Å². The van der Waals surface area contributed by atoms with Gasteiger partial charge >= 0.3 is 6.18 Å². The molecule has 0 aliphatic rings. The highest BCUT2D eigenvalue weighted by Gasteiger charge is 2.30. The normalized spacial score (nSPS) is 12.5. The lowest BCUT2D eigenvalue weighted by Gasteiger charge is -2.08. The van der Waals surface area contributed by atoms with E-state index in [0.29, 0.717) is 5.01 Å². The summed E-state index contributed by atoms with van der Waals surface area (Å²) < 4.78 is 53.6. The van der Waals surface area contributed by atoms with Gasteiger partial charge in [0.2, 0.25) is 5.01 Å². The first kappa shape index (κ1) is 23.2. The third-order valence-electron chi connectivity index (χ3n) is 4.08. The molecule has 0 aromatic carbocycles. The van der Waals surface area contributed by atoms with Crippen molar-refractivity contribution in [1.29, 1.82) is 0 Å². The van der Waals surface area contributed by atoms with Gasteiger partial charge in [0.05, 0.1) is 30.5 Å². The van der Waals surface area contributed by atoms with Gasteiger partial charge in [0.1, 0.15) is 11.2 Å². The molecule has 1 unspecified atom stereocenters. The van der Waals surface area contributed by atoms with E-state index in [0.717, 1.165) is 34.3 Å². The SMILES string of the molecule is NC(=O)c1nnc(CCC(F)Cn2cc(C(=O)NCc3cc(C(F)(F)F)ccn3)nn2)s1. The molecule has 3 rings (SSSR count). The lowest BCUT2D eigenvalue weighted by Crippen LogP contribution is -2.24. The Bertz CT molecular complexity index is 1100. The minimum atomic E-state index is -4.52. The molecule has 3 heterocycles. The summed E-state index contributed by atoms with van der Waals surface area (Å²) in [6.07, 6.45) is -3.35. The molecule has 3 aromatic rings. The minimum absolute atomic E-state index is 0.0144. The van der Waals surface area contributed by atoms with E-state index in [4.69, 9.17) is 5.73 Å². The number of aromatic nitrogens is 6. The zero-order chi connectivity index (χ0) is 23.3. The molecule has 0 radical (unpaired) electrons. The Morgan fingerprint density at radius 3 is 2.72 bits per heavy atom. The molecule has 0 saturated carbocycles. The summed E-state index contributed by atoms with van der Waals surface area (Å²) in [6.45, 7) is -0.437. The molecule has 3 aromatic heterocycles. The maximum atomic E-state index is 14.2. The number of amides is 2. The fourth-order valence-corrected chi connectivity index (χ4v) is 3.24. The molecule has 2 amide bonds. The lowest BCUT2D eigenvalue weighted by molar-refractivity contribution is -0.137. The number of nitrogens with one attached hydrogen (secondary N) is 1. The van der Waals surface area contributed by atoms with Crippen molar-refractivity contribution in [3.05, 3.63) is 51.5 Å². The third-order valence-corrected chi connectivity index (χ3v) is 5.08. The minimum Gasteiger partial charge on any atom is -0.363 e. The van der Waals surface area contributed by atoms with Crippen LogP contribution in [0.2, 0.25) is 0 Å². The van der Waals surface area contributed by atoms with Gasteiger partial charge in [-0.2, -0.15) is 13.2 Å². The highest BCUT2D eigenvalue weighted by Crippen LogP contribution is 2.28. The lowest BCUT2D eigenvalue weighted by atomic mass is 10.2. The van der Waals surface area contributed by atoms with Crippen LogP contribution >= 0.6 is 11.3 Å². The highest BCUT2D eigenvalue weighted by molar-refractivity contribution is 7.13. The van der Waals surface area contributed by atoms with Crippen molar-refractivity contribution in [3.8, 4) is 0 Å². The fraction of sp³-hybridized carbons (Fsp3) is 0.353. The van der Waals surface area contributed by atoms with Gasteiger partial charge in [0.15, 0.2) is 5.69 Å². The topological polar surface area (TPSA) is 142 Å². The number of alkyl halides is 4. The van der Waals surface area contributed by atoms with E-state index in [1.54, 1.807) is 0 Å². The van der Waals surface area contributed by atoms with Gasteiger partial charge in [0, 0.05) is 12.6 Å². The smallest absolute Gasteiger partial charge is 0.363 e. The molecular weight excluding hydrogens is 456 g/mol. The number of carbonyl (C=O) groups excluding carboxylic acids is 2. The van der Waals surface area contributed by atoms with Crippen molar-refractivity contribution in [1.82, 2.24) is 35.5 Å². The van der Waals surface area contributed by atoms with Crippen LogP contribution in [0.1, 0.15) is 43.0 Å². The molecule has 15 heteroatoms. The predicted octanol–water partition coefficient (Wildman–Crippen LogP) is 1.54. The first-order valence-electron chi connectivity index (χ1n) is 9.08. The molecule has 170 valence electrons. The van der Waals surface area contributed by atoms with E-state index in [-0.39, 0.29) is 42.3 Å². The molecule has 0 fully saturated rings. The number of rotatable bonds is 9. The quantitative estimate of drug-likeness (QED) is 0.450. The summed E-state index contributed by atoms with van der Waals surface area (Å²) in [7, 11) is 0. The van der Waals surface area contributed by atoms with Gasteiger partial charge in [-0.3, -0.25) is 14.6 Å². The number of carbonyl (C=O) groups is 2. The highest BCUT2D eigenvalue weighted by atomic mass is 32.1. The maximum Gasteiger partial charge on any atom is 0.416 e. The standard InChI is InChI=1S/C17H16F4N8O2S/c18-10(1-2-13-26-27-16(32-13)14(22)30)7-29-8-12(25-28-29)15(31)24-6-11-5-9(3-4-23-11)17(19,20)21/h3-5,8,10H,1-2,6-7H2,(H2,22,30)(H,24,31). The van der Waals surface area contributed by atoms with Crippen molar-refractivity contribution in [2.75, 3.05) is 0 Å². The zero-order valence-electron chi connectivity index (χ0n) is 16.2. The van der Waals surface area contributed by atoms with Crippen LogP contribution in [0.4, 0.5) is 17.6 Å². The Morgan fingerprint density at radius 2 is 2.03 bits per heavy atom. The van der Waals surface area contributed by atoms with Crippen molar-refractivity contribution in [2.24, 2.45) is 5.73 Å².